The first kappa shape index (κ1) is 18.4. The first-order valence-electron chi connectivity index (χ1n) is 8.12. The number of hydrogen-bond acceptors (Lipinski definition) is 5. The lowest BCUT2D eigenvalue weighted by atomic mass is 10.0. The van der Waals surface area contributed by atoms with Crippen LogP contribution in [-0.2, 0) is 7.05 Å². The van der Waals surface area contributed by atoms with Gasteiger partial charge in [-0.3, -0.25) is 19.6 Å². The Bertz CT molecular complexity index is 1220. The number of allylic oxidation sites excluding steroid dienone is 1. The van der Waals surface area contributed by atoms with Gasteiger partial charge >= 0.3 is 0 Å². The summed E-state index contributed by atoms with van der Waals surface area (Å²) in [4.78, 5) is 23.2. The van der Waals surface area contributed by atoms with Crippen molar-refractivity contribution in [2.24, 2.45) is 7.05 Å². The monoisotopic (exact) mass is 371 g/mol. The van der Waals surface area contributed by atoms with Crippen molar-refractivity contribution in [1.29, 1.82) is 10.5 Å². The lowest BCUT2D eigenvalue weighted by Crippen LogP contribution is -2.20. The average Bonchev–Trinajstić information content (AvgIpc) is 2.95. The zero-order valence-corrected chi connectivity index (χ0v) is 14.7. The second-order valence-electron chi connectivity index (χ2n) is 5.82. The van der Waals surface area contributed by atoms with Crippen molar-refractivity contribution in [2.75, 3.05) is 0 Å². The number of non-ortho nitro benzene ring substituents is 1. The van der Waals surface area contributed by atoms with E-state index in [1.54, 1.807) is 31.3 Å². The van der Waals surface area contributed by atoms with Gasteiger partial charge in [0.1, 0.15) is 11.8 Å². The van der Waals surface area contributed by atoms with Crippen molar-refractivity contribution >= 4 is 17.3 Å². The van der Waals surface area contributed by atoms with Gasteiger partial charge in [0.15, 0.2) is 0 Å². The molecule has 8 heteroatoms. The minimum Gasteiger partial charge on any atom is -0.270 e. The summed E-state index contributed by atoms with van der Waals surface area (Å²) in [6.45, 7) is 0. The number of nitro benzene ring substituents is 1. The average molecular weight is 371 g/mol. The van der Waals surface area contributed by atoms with Crippen molar-refractivity contribution in [2.45, 2.75) is 0 Å². The molecule has 3 rings (SSSR count). The normalized spacial score (nSPS) is 10.9. The Morgan fingerprint density at radius 1 is 1.11 bits per heavy atom. The summed E-state index contributed by atoms with van der Waals surface area (Å²) in [6.07, 6.45) is 1.33. The fourth-order valence-electron chi connectivity index (χ4n) is 2.84. The molecule has 0 bridgehead atoms. The molecule has 0 atom stereocenters. The van der Waals surface area contributed by atoms with Gasteiger partial charge in [-0.1, -0.05) is 18.2 Å². The van der Waals surface area contributed by atoms with Crippen molar-refractivity contribution in [3.8, 4) is 17.8 Å². The van der Waals surface area contributed by atoms with E-state index >= 15 is 0 Å². The zero-order chi connectivity index (χ0) is 20.3. The molecule has 0 fully saturated rings. The van der Waals surface area contributed by atoms with E-state index in [0.717, 1.165) is 0 Å². The maximum Gasteiger partial charge on any atom is 0.280 e. The second-order valence-corrected chi connectivity index (χ2v) is 5.82. The molecule has 3 aromatic rings. The van der Waals surface area contributed by atoms with Crippen LogP contribution in [-0.4, -0.2) is 14.3 Å². The Morgan fingerprint density at radius 2 is 1.75 bits per heavy atom. The number of benzene rings is 2. The standard InChI is InChI=1S/C20H13N5O3/c1-23-19(13-22)18(20(26)24(23)16-5-3-2-4-6-16)11-15(12-21)14-7-9-17(10-8-14)25(27)28/h2-11H,1H3/b15-11-. The van der Waals surface area contributed by atoms with Gasteiger partial charge in [-0.15, -0.1) is 0 Å². The Morgan fingerprint density at radius 3 is 2.29 bits per heavy atom. The highest BCUT2D eigenvalue weighted by Crippen LogP contribution is 2.21. The summed E-state index contributed by atoms with van der Waals surface area (Å²) in [5.41, 5.74) is 0.734. The number of nitro groups is 1. The molecule has 0 N–H and O–H groups in total. The Kier molecular flexibility index (Phi) is 4.88. The van der Waals surface area contributed by atoms with Crippen molar-refractivity contribution in [3.63, 3.8) is 0 Å². The van der Waals surface area contributed by atoms with Gasteiger partial charge in [0.25, 0.3) is 11.2 Å². The third-order valence-corrected chi connectivity index (χ3v) is 4.21. The van der Waals surface area contributed by atoms with Crippen LogP contribution in [0.1, 0.15) is 16.8 Å². The number of para-hydroxylation sites is 1. The molecular formula is C20H13N5O3. The van der Waals surface area contributed by atoms with Crippen LogP contribution in [0, 0.1) is 32.8 Å². The number of nitrogens with zero attached hydrogens (tertiary/aromatic N) is 5. The maximum atomic E-state index is 12.9. The first-order chi connectivity index (χ1) is 13.5. The minimum atomic E-state index is -0.539. The molecule has 0 saturated heterocycles. The van der Waals surface area contributed by atoms with Crippen LogP contribution in [0.15, 0.2) is 59.4 Å². The molecule has 0 unspecified atom stereocenters. The van der Waals surface area contributed by atoms with Crippen LogP contribution in [0.3, 0.4) is 0 Å². The van der Waals surface area contributed by atoms with E-state index in [9.17, 15) is 25.4 Å². The summed E-state index contributed by atoms with van der Waals surface area (Å²) in [6, 6.07) is 18.2. The topological polar surface area (TPSA) is 118 Å². The SMILES string of the molecule is Cn1c(C#N)c(/C=C(/C#N)c2ccc([N+](=O)[O-])cc2)c(=O)n1-c1ccccc1. The van der Waals surface area contributed by atoms with Crippen molar-refractivity contribution in [3.05, 3.63) is 91.9 Å². The summed E-state index contributed by atoms with van der Waals surface area (Å²) in [7, 11) is 1.59. The summed E-state index contributed by atoms with van der Waals surface area (Å²) in [5.74, 6) is 0. The molecule has 1 aromatic heterocycles. The van der Waals surface area contributed by atoms with Crippen molar-refractivity contribution in [1.82, 2.24) is 9.36 Å². The van der Waals surface area contributed by atoms with Crippen LogP contribution in [0.5, 0.6) is 0 Å². The number of hydrogen-bond donors (Lipinski definition) is 0. The molecule has 0 aliphatic rings. The fraction of sp³-hybridized carbons (Fsp3) is 0.0500. The molecule has 1 heterocycles. The molecule has 136 valence electrons. The number of aromatic nitrogens is 2. The van der Waals surface area contributed by atoms with Crippen LogP contribution in [0.4, 0.5) is 5.69 Å². The lowest BCUT2D eigenvalue weighted by molar-refractivity contribution is -0.384. The first-order valence-corrected chi connectivity index (χ1v) is 8.12. The van der Waals surface area contributed by atoms with Gasteiger partial charge < -0.3 is 0 Å². The van der Waals surface area contributed by atoms with Crippen molar-refractivity contribution < 1.29 is 4.92 Å². The summed E-state index contributed by atoms with van der Waals surface area (Å²) < 4.78 is 2.77. The number of rotatable bonds is 4. The molecule has 0 aliphatic carbocycles. The predicted molar refractivity (Wildman–Crippen MR) is 102 cm³/mol. The van der Waals surface area contributed by atoms with E-state index < -0.39 is 10.5 Å². The highest BCUT2D eigenvalue weighted by Gasteiger charge is 2.18. The third-order valence-electron chi connectivity index (χ3n) is 4.21. The van der Waals surface area contributed by atoms with E-state index in [-0.39, 0.29) is 22.5 Å². The van der Waals surface area contributed by atoms with Gasteiger partial charge in [0.2, 0.25) is 0 Å². The molecule has 2 aromatic carbocycles. The van der Waals surface area contributed by atoms with E-state index in [4.69, 9.17) is 0 Å². The molecule has 0 saturated carbocycles. The van der Waals surface area contributed by atoms with E-state index in [1.165, 1.54) is 39.7 Å². The maximum absolute atomic E-state index is 12.9. The van der Waals surface area contributed by atoms with Gasteiger partial charge in [0.05, 0.1) is 27.8 Å². The highest BCUT2D eigenvalue weighted by atomic mass is 16.6. The second kappa shape index (κ2) is 7.44. The molecule has 0 amide bonds. The van der Waals surface area contributed by atoms with Crippen LogP contribution < -0.4 is 5.56 Å². The molecular weight excluding hydrogens is 358 g/mol. The minimum absolute atomic E-state index is 0.0729. The van der Waals surface area contributed by atoms with Gasteiger partial charge in [-0.25, -0.2) is 4.68 Å². The number of nitriles is 2. The smallest absolute Gasteiger partial charge is 0.270 e. The van der Waals surface area contributed by atoms with Crippen LogP contribution in [0.2, 0.25) is 0 Å². The molecule has 0 radical (unpaired) electrons. The summed E-state index contributed by atoms with van der Waals surface area (Å²) in [5, 5.41) is 29.8. The van der Waals surface area contributed by atoms with E-state index in [2.05, 4.69) is 0 Å². The predicted octanol–water partition coefficient (Wildman–Crippen LogP) is 3.02. The van der Waals surface area contributed by atoms with E-state index in [1.807, 2.05) is 18.2 Å². The molecule has 0 aliphatic heterocycles. The third kappa shape index (κ3) is 3.18. The van der Waals surface area contributed by atoms with Crippen LogP contribution in [0.25, 0.3) is 17.3 Å². The highest BCUT2D eigenvalue weighted by molar-refractivity contribution is 5.90. The Labute approximate surface area is 159 Å². The molecule has 28 heavy (non-hydrogen) atoms. The Hall–Kier alpha value is -4.43. The fourth-order valence-corrected chi connectivity index (χ4v) is 2.84. The largest absolute Gasteiger partial charge is 0.280 e. The summed E-state index contributed by atoms with van der Waals surface area (Å²) >= 11 is 0. The molecule has 8 nitrogen and oxygen atoms in total. The van der Waals surface area contributed by atoms with Gasteiger partial charge in [-0.2, -0.15) is 10.5 Å². The van der Waals surface area contributed by atoms with E-state index in [0.29, 0.717) is 11.3 Å². The van der Waals surface area contributed by atoms with Crippen LogP contribution >= 0.6 is 0 Å². The lowest BCUT2D eigenvalue weighted by Gasteiger charge is -2.06. The van der Waals surface area contributed by atoms with Gasteiger partial charge in [0, 0.05) is 19.2 Å². The quantitative estimate of drug-likeness (QED) is 0.397. The zero-order valence-electron chi connectivity index (χ0n) is 14.7. The molecule has 0 spiro atoms. The Balaban J connectivity index is 2.18. The van der Waals surface area contributed by atoms with Gasteiger partial charge in [-0.05, 0) is 35.9 Å².